The van der Waals surface area contributed by atoms with Gasteiger partial charge in [-0.15, -0.1) is 0 Å². The van der Waals surface area contributed by atoms with Crippen molar-refractivity contribution in [1.82, 2.24) is 15.1 Å². The lowest BCUT2D eigenvalue weighted by atomic mass is 9.77. The molecule has 2 rings (SSSR count). The van der Waals surface area contributed by atoms with Gasteiger partial charge in [-0.1, -0.05) is 6.92 Å². The zero-order valence-electron chi connectivity index (χ0n) is 14.1. The summed E-state index contributed by atoms with van der Waals surface area (Å²) < 4.78 is 0. The molecule has 0 saturated carbocycles. The summed E-state index contributed by atoms with van der Waals surface area (Å²) >= 11 is 0. The summed E-state index contributed by atoms with van der Waals surface area (Å²) in [5, 5.41) is 12.6. The van der Waals surface area contributed by atoms with Crippen molar-refractivity contribution in [2.45, 2.75) is 51.9 Å². The van der Waals surface area contributed by atoms with E-state index in [9.17, 15) is 9.90 Å². The topological polar surface area (TPSA) is 55.8 Å². The van der Waals surface area contributed by atoms with Crippen molar-refractivity contribution in [3.8, 4) is 0 Å². The molecule has 0 aromatic heterocycles. The smallest absolute Gasteiger partial charge is 0.317 e. The largest absolute Gasteiger partial charge is 0.396 e. The van der Waals surface area contributed by atoms with E-state index in [0.717, 1.165) is 45.3 Å². The minimum Gasteiger partial charge on any atom is -0.396 e. The molecule has 5 heteroatoms. The molecule has 128 valence electrons. The number of hydrogen-bond acceptors (Lipinski definition) is 3. The van der Waals surface area contributed by atoms with Crippen molar-refractivity contribution in [3.05, 3.63) is 0 Å². The van der Waals surface area contributed by atoms with Gasteiger partial charge in [-0.3, -0.25) is 0 Å². The Morgan fingerprint density at radius 2 is 1.82 bits per heavy atom. The van der Waals surface area contributed by atoms with Gasteiger partial charge in [0.1, 0.15) is 0 Å². The summed E-state index contributed by atoms with van der Waals surface area (Å²) in [5.41, 5.74) is 0.0481. The second-order valence-electron chi connectivity index (χ2n) is 6.99. The van der Waals surface area contributed by atoms with Crippen molar-refractivity contribution in [1.29, 1.82) is 0 Å². The van der Waals surface area contributed by atoms with E-state index in [-0.39, 0.29) is 18.1 Å². The fourth-order valence-electron chi connectivity index (χ4n) is 3.58. The van der Waals surface area contributed by atoms with E-state index < -0.39 is 0 Å². The zero-order valence-corrected chi connectivity index (χ0v) is 14.1. The first-order chi connectivity index (χ1) is 10.7. The van der Waals surface area contributed by atoms with Crippen LogP contribution in [-0.2, 0) is 0 Å². The third-order valence-electron chi connectivity index (χ3n) is 5.57. The first-order valence-corrected chi connectivity index (χ1v) is 9.05. The highest BCUT2D eigenvalue weighted by Gasteiger charge is 2.33. The second kappa shape index (κ2) is 8.73. The molecule has 2 saturated heterocycles. The van der Waals surface area contributed by atoms with Gasteiger partial charge >= 0.3 is 6.03 Å². The van der Waals surface area contributed by atoms with E-state index in [1.807, 2.05) is 4.90 Å². The van der Waals surface area contributed by atoms with Crippen LogP contribution in [0, 0.1) is 5.41 Å². The number of nitrogens with zero attached hydrogens (tertiary/aromatic N) is 2. The predicted molar refractivity (Wildman–Crippen MR) is 88.9 cm³/mol. The predicted octanol–water partition coefficient (Wildman–Crippen LogP) is 2.06. The standard InChI is InChI=1S/C17H33N3O2/c1-2-17(15-21)7-13-20(14-8-17)16(22)18-9-3-4-10-19-11-5-6-12-19/h21H,2-15H2,1H3,(H,18,22). The highest BCUT2D eigenvalue weighted by molar-refractivity contribution is 5.74. The van der Waals surface area contributed by atoms with Gasteiger partial charge in [0.05, 0.1) is 0 Å². The highest BCUT2D eigenvalue weighted by Crippen LogP contribution is 2.34. The van der Waals surface area contributed by atoms with E-state index in [1.54, 1.807) is 0 Å². The molecule has 0 spiro atoms. The van der Waals surface area contributed by atoms with Crippen LogP contribution in [0.5, 0.6) is 0 Å². The average molecular weight is 311 g/mol. The number of likely N-dealkylation sites (tertiary alicyclic amines) is 2. The molecule has 2 aliphatic rings. The van der Waals surface area contributed by atoms with Gasteiger partial charge in [-0.05, 0) is 70.0 Å². The second-order valence-corrected chi connectivity index (χ2v) is 6.99. The maximum atomic E-state index is 12.1. The third kappa shape index (κ3) is 4.85. The SMILES string of the molecule is CCC1(CO)CCN(C(=O)NCCCCN2CCCC2)CC1. The molecule has 2 aliphatic heterocycles. The molecule has 2 heterocycles. The van der Waals surface area contributed by atoms with Crippen LogP contribution >= 0.6 is 0 Å². The summed E-state index contributed by atoms with van der Waals surface area (Å²) in [5.74, 6) is 0. The molecular formula is C17H33N3O2. The van der Waals surface area contributed by atoms with Crippen LogP contribution in [0.4, 0.5) is 4.79 Å². The minimum absolute atomic E-state index is 0.0481. The van der Waals surface area contributed by atoms with Gasteiger partial charge in [0.25, 0.3) is 0 Å². The van der Waals surface area contributed by atoms with Crippen LogP contribution < -0.4 is 5.32 Å². The van der Waals surface area contributed by atoms with Gasteiger partial charge in [0.15, 0.2) is 0 Å². The van der Waals surface area contributed by atoms with Gasteiger partial charge in [-0.2, -0.15) is 0 Å². The number of piperidine rings is 1. The Morgan fingerprint density at radius 3 is 2.41 bits per heavy atom. The number of aliphatic hydroxyl groups excluding tert-OH is 1. The molecule has 22 heavy (non-hydrogen) atoms. The minimum atomic E-state index is 0.0481. The lowest BCUT2D eigenvalue weighted by molar-refractivity contribution is 0.0520. The summed E-state index contributed by atoms with van der Waals surface area (Å²) in [6.07, 6.45) is 7.76. The molecule has 0 aromatic carbocycles. The summed E-state index contributed by atoms with van der Waals surface area (Å²) in [6.45, 7) is 8.38. The number of nitrogens with one attached hydrogen (secondary N) is 1. The van der Waals surface area contributed by atoms with Gasteiger partial charge in [-0.25, -0.2) is 4.79 Å². The van der Waals surface area contributed by atoms with Crippen molar-refractivity contribution < 1.29 is 9.90 Å². The van der Waals surface area contributed by atoms with Gasteiger partial charge < -0.3 is 20.2 Å². The normalized spacial score (nSPS) is 22.0. The van der Waals surface area contributed by atoms with Crippen molar-refractivity contribution in [2.75, 3.05) is 45.9 Å². The number of amides is 2. The van der Waals surface area contributed by atoms with E-state index in [4.69, 9.17) is 0 Å². The van der Waals surface area contributed by atoms with E-state index in [2.05, 4.69) is 17.1 Å². The molecule has 0 bridgehead atoms. The Bertz CT molecular complexity index is 329. The van der Waals surface area contributed by atoms with Crippen LogP contribution in [0.3, 0.4) is 0 Å². The number of unbranched alkanes of at least 4 members (excludes halogenated alkanes) is 1. The number of carbonyl (C=O) groups is 1. The monoisotopic (exact) mass is 311 g/mol. The summed E-state index contributed by atoms with van der Waals surface area (Å²) in [4.78, 5) is 16.6. The van der Waals surface area contributed by atoms with E-state index in [1.165, 1.54) is 38.9 Å². The van der Waals surface area contributed by atoms with Crippen LogP contribution in [-0.4, -0.2) is 66.8 Å². The van der Waals surface area contributed by atoms with Crippen LogP contribution in [0.15, 0.2) is 0 Å². The molecule has 0 aliphatic carbocycles. The number of hydrogen-bond donors (Lipinski definition) is 2. The number of urea groups is 1. The summed E-state index contributed by atoms with van der Waals surface area (Å²) in [6, 6.07) is 0.0730. The lowest BCUT2D eigenvalue weighted by Crippen LogP contribution is -2.48. The average Bonchev–Trinajstić information content (AvgIpc) is 3.08. The Balaban J connectivity index is 1.56. The maximum absolute atomic E-state index is 12.1. The number of aliphatic hydroxyl groups is 1. The van der Waals surface area contributed by atoms with Crippen molar-refractivity contribution in [3.63, 3.8) is 0 Å². The molecule has 5 nitrogen and oxygen atoms in total. The quantitative estimate of drug-likeness (QED) is 0.708. The van der Waals surface area contributed by atoms with Crippen LogP contribution in [0.25, 0.3) is 0 Å². The zero-order chi connectivity index (χ0) is 15.8. The van der Waals surface area contributed by atoms with E-state index >= 15 is 0 Å². The number of carbonyl (C=O) groups excluding carboxylic acids is 1. The lowest BCUT2D eigenvalue weighted by Gasteiger charge is -2.40. The molecular weight excluding hydrogens is 278 g/mol. The van der Waals surface area contributed by atoms with Crippen LogP contribution in [0.1, 0.15) is 51.9 Å². The van der Waals surface area contributed by atoms with Gasteiger partial charge in [0.2, 0.25) is 0 Å². The highest BCUT2D eigenvalue weighted by atomic mass is 16.3. The first kappa shape index (κ1) is 17.5. The Labute approximate surface area is 135 Å². The third-order valence-corrected chi connectivity index (χ3v) is 5.57. The van der Waals surface area contributed by atoms with E-state index in [0.29, 0.717) is 0 Å². The maximum Gasteiger partial charge on any atom is 0.317 e. The Morgan fingerprint density at radius 1 is 1.14 bits per heavy atom. The molecule has 0 unspecified atom stereocenters. The fraction of sp³-hybridized carbons (Fsp3) is 0.941. The summed E-state index contributed by atoms with van der Waals surface area (Å²) in [7, 11) is 0. The van der Waals surface area contributed by atoms with Crippen molar-refractivity contribution >= 4 is 6.03 Å². The Kier molecular flexibility index (Phi) is 6.96. The van der Waals surface area contributed by atoms with Gasteiger partial charge in [0, 0.05) is 26.2 Å². The molecule has 0 aromatic rings. The molecule has 2 N–H and O–H groups in total. The molecule has 0 radical (unpaired) electrons. The molecule has 2 fully saturated rings. The molecule has 0 atom stereocenters. The fourth-order valence-corrected chi connectivity index (χ4v) is 3.58. The first-order valence-electron chi connectivity index (χ1n) is 9.05. The number of rotatable bonds is 7. The molecule has 2 amide bonds. The Hall–Kier alpha value is -0.810. The van der Waals surface area contributed by atoms with Crippen molar-refractivity contribution in [2.24, 2.45) is 5.41 Å². The van der Waals surface area contributed by atoms with Crippen LogP contribution in [0.2, 0.25) is 0 Å².